The Morgan fingerprint density at radius 1 is 1.12 bits per heavy atom. The number of anilines is 2. The molecule has 0 spiro atoms. The Hall–Kier alpha value is -1.79. The summed E-state index contributed by atoms with van der Waals surface area (Å²) in [5, 5.41) is 22.0. The Morgan fingerprint density at radius 2 is 1.79 bits per heavy atom. The van der Waals surface area contributed by atoms with Gasteiger partial charge in [0.15, 0.2) is 0 Å². The zero-order valence-electron chi connectivity index (χ0n) is 12.7. The number of carbonyl (C=O) groups is 1. The minimum absolute atomic E-state index is 0.00337. The first kappa shape index (κ1) is 18.5. The zero-order valence-corrected chi connectivity index (χ0v) is 14.2. The SMILES string of the molecule is O=C(Cc1ccccc1Nc1c(Cl)cccc1Cl)OCC(O)CO. The van der Waals surface area contributed by atoms with Crippen LogP contribution in [0.1, 0.15) is 5.56 Å². The van der Waals surface area contributed by atoms with Gasteiger partial charge in [-0.05, 0) is 23.8 Å². The van der Waals surface area contributed by atoms with E-state index in [1.165, 1.54) is 0 Å². The average molecular weight is 370 g/mol. The molecule has 2 rings (SSSR count). The van der Waals surface area contributed by atoms with Gasteiger partial charge in [-0.2, -0.15) is 0 Å². The number of rotatable bonds is 7. The highest BCUT2D eigenvalue weighted by Gasteiger charge is 2.13. The predicted molar refractivity (Wildman–Crippen MR) is 93.9 cm³/mol. The van der Waals surface area contributed by atoms with Crippen molar-refractivity contribution in [2.45, 2.75) is 12.5 Å². The number of halogens is 2. The van der Waals surface area contributed by atoms with E-state index >= 15 is 0 Å². The lowest BCUT2D eigenvalue weighted by Crippen LogP contribution is -2.22. The van der Waals surface area contributed by atoms with E-state index in [2.05, 4.69) is 5.32 Å². The molecule has 2 aromatic carbocycles. The van der Waals surface area contributed by atoms with E-state index in [4.69, 9.17) is 33.0 Å². The molecule has 0 saturated heterocycles. The van der Waals surface area contributed by atoms with Crippen molar-refractivity contribution in [3.8, 4) is 0 Å². The van der Waals surface area contributed by atoms with Crippen LogP contribution in [0.4, 0.5) is 11.4 Å². The molecule has 1 atom stereocenters. The Labute approximate surface area is 149 Å². The van der Waals surface area contributed by atoms with Gasteiger partial charge in [0.25, 0.3) is 0 Å². The molecule has 0 amide bonds. The summed E-state index contributed by atoms with van der Waals surface area (Å²) in [5.74, 6) is -0.512. The number of benzene rings is 2. The number of hydrogen-bond donors (Lipinski definition) is 3. The molecule has 0 aromatic heterocycles. The molecule has 24 heavy (non-hydrogen) atoms. The van der Waals surface area contributed by atoms with Crippen molar-refractivity contribution in [3.63, 3.8) is 0 Å². The predicted octanol–water partition coefficient (Wildman–Crippen LogP) is 3.18. The van der Waals surface area contributed by atoms with Crippen molar-refractivity contribution in [1.29, 1.82) is 0 Å². The van der Waals surface area contributed by atoms with E-state index in [1.807, 2.05) is 6.07 Å². The van der Waals surface area contributed by atoms with Crippen LogP contribution in [0.3, 0.4) is 0 Å². The highest BCUT2D eigenvalue weighted by Crippen LogP contribution is 2.33. The van der Waals surface area contributed by atoms with Crippen molar-refractivity contribution in [1.82, 2.24) is 0 Å². The van der Waals surface area contributed by atoms with Crippen LogP contribution < -0.4 is 5.32 Å². The Bertz CT molecular complexity index is 688. The van der Waals surface area contributed by atoms with E-state index in [9.17, 15) is 9.90 Å². The van der Waals surface area contributed by atoms with Crippen LogP contribution in [-0.2, 0) is 16.0 Å². The van der Waals surface area contributed by atoms with Gasteiger partial charge in [0.1, 0.15) is 12.7 Å². The number of ether oxygens (including phenoxy) is 1. The molecule has 0 saturated carbocycles. The summed E-state index contributed by atoms with van der Waals surface area (Å²) < 4.78 is 4.92. The minimum Gasteiger partial charge on any atom is -0.463 e. The summed E-state index contributed by atoms with van der Waals surface area (Å²) >= 11 is 12.3. The number of aliphatic hydroxyl groups is 2. The third-order valence-corrected chi connectivity index (χ3v) is 3.85. The molecule has 1 unspecified atom stereocenters. The molecule has 7 heteroatoms. The van der Waals surface area contributed by atoms with E-state index < -0.39 is 18.7 Å². The topological polar surface area (TPSA) is 78.8 Å². The third kappa shape index (κ3) is 5.11. The van der Waals surface area contributed by atoms with Crippen LogP contribution in [0.15, 0.2) is 42.5 Å². The number of carbonyl (C=O) groups excluding carboxylic acids is 1. The zero-order chi connectivity index (χ0) is 17.5. The summed E-state index contributed by atoms with van der Waals surface area (Å²) in [6, 6.07) is 12.3. The lowest BCUT2D eigenvalue weighted by atomic mass is 10.1. The quantitative estimate of drug-likeness (QED) is 0.653. The lowest BCUT2D eigenvalue weighted by Gasteiger charge is -2.14. The molecular weight excluding hydrogens is 353 g/mol. The molecule has 0 radical (unpaired) electrons. The highest BCUT2D eigenvalue weighted by molar-refractivity contribution is 6.39. The average Bonchev–Trinajstić information content (AvgIpc) is 2.57. The largest absolute Gasteiger partial charge is 0.463 e. The first-order chi connectivity index (χ1) is 11.5. The van der Waals surface area contributed by atoms with Gasteiger partial charge in [-0.15, -0.1) is 0 Å². The molecule has 0 fully saturated rings. The Kier molecular flexibility index (Phi) is 6.87. The van der Waals surface area contributed by atoms with Gasteiger partial charge in [0.05, 0.1) is 28.8 Å². The van der Waals surface area contributed by atoms with Gasteiger partial charge >= 0.3 is 5.97 Å². The first-order valence-corrected chi connectivity index (χ1v) is 8.00. The second-order valence-electron chi connectivity index (χ2n) is 5.07. The van der Waals surface area contributed by atoms with Crippen molar-refractivity contribution in [2.24, 2.45) is 0 Å². The molecule has 3 N–H and O–H groups in total. The number of nitrogens with one attached hydrogen (secondary N) is 1. The Morgan fingerprint density at radius 3 is 2.46 bits per heavy atom. The standard InChI is InChI=1S/C17H17Cl2NO4/c18-13-5-3-6-14(19)17(13)20-15-7-2-1-4-11(15)8-16(23)24-10-12(22)9-21/h1-7,12,20-22H,8-10H2. The van der Waals surface area contributed by atoms with Gasteiger partial charge in [-0.1, -0.05) is 47.5 Å². The molecule has 0 heterocycles. The first-order valence-electron chi connectivity index (χ1n) is 7.24. The van der Waals surface area contributed by atoms with E-state index in [1.54, 1.807) is 36.4 Å². The fourth-order valence-corrected chi connectivity index (χ4v) is 2.49. The maximum absolute atomic E-state index is 11.9. The summed E-state index contributed by atoms with van der Waals surface area (Å²) in [4.78, 5) is 11.9. The maximum atomic E-state index is 11.9. The number of hydrogen-bond acceptors (Lipinski definition) is 5. The number of aliphatic hydroxyl groups excluding tert-OH is 2. The summed E-state index contributed by atoms with van der Waals surface area (Å²) in [6.07, 6.45) is -1.08. The van der Waals surface area contributed by atoms with Gasteiger partial charge in [-0.3, -0.25) is 4.79 Å². The molecule has 2 aromatic rings. The number of esters is 1. The van der Waals surface area contributed by atoms with Crippen molar-refractivity contribution in [2.75, 3.05) is 18.5 Å². The highest BCUT2D eigenvalue weighted by atomic mass is 35.5. The molecular formula is C17H17Cl2NO4. The van der Waals surface area contributed by atoms with Crippen LogP contribution in [0.2, 0.25) is 10.0 Å². The minimum atomic E-state index is -1.08. The van der Waals surface area contributed by atoms with Gasteiger partial charge < -0.3 is 20.3 Å². The van der Waals surface area contributed by atoms with Crippen LogP contribution in [-0.4, -0.2) is 35.5 Å². The van der Waals surface area contributed by atoms with Crippen LogP contribution >= 0.6 is 23.2 Å². The van der Waals surface area contributed by atoms with Crippen LogP contribution in [0.25, 0.3) is 0 Å². The summed E-state index contributed by atoms with van der Waals surface area (Å²) in [7, 11) is 0. The Balaban J connectivity index is 2.12. The number of para-hydroxylation sites is 2. The van der Waals surface area contributed by atoms with E-state index in [-0.39, 0.29) is 13.0 Å². The van der Waals surface area contributed by atoms with Gasteiger partial charge in [0, 0.05) is 5.69 Å². The fourth-order valence-electron chi connectivity index (χ4n) is 2.00. The van der Waals surface area contributed by atoms with Crippen LogP contribution in [0, 0.1) is 0 Å². The van der Waals surface area contributed by atoms with Crippen molar-refractivity contribution < 1.29 is 19.7 Å². The maximum Gasteiger partial charge on any atom is 0.310 e. The van der Waals surface area contributed by atoms with Crippen molar-refractivity contribution in [3.05, 3.63) is 58.1 Å². The van der Waals surface area contributed by atoms with Crippen molar-refractivity contribution >= 4 is 40.5 Å². The second kappa shape index (κ2) is 8.89. The van der Waals surface area contributed by atoms with Gasteiger partial charge in [0.2, 0.25) is 0 Å². The normalized spacial score (nSPS) is 11.8. The monoisotopic (exact) mass is 369 g/mol. The molecule has 0 aliphatic heterocycles. The van der Waals surface area contributed by atoms with Crippen LogP contribution in [0.5, 0.6) is 0 Å². The molecule has 5 nitrogen and oxygen atoms in total. The lowest BCUT2D eigenvalue weighted by molar-refractivity contribution is -0.146. The van der Waals surface area contributed by atoms with Gasteiger partial charge in [-0.25, -0.2) is 0 Å². The third-order valence-electron chi connectivity index (χ3n) is 3.22. The van der Waals surface area contributed by atoms with E-state index in [0.29, 0.717) is 27.0 Å². The molecule has 0 bridgehead atoms. The molecule has 0 aliphatic carbocycles. The second-order valence-corrected chi connectivity index (χ2v) is 5.89. The smallest absolute Gasteiger partial charge is 0.310 e. The fraction of sp³-hybridized carbons (Fsp3) is 0.235. The molecule has 128 valence electrons. The van der Waals surface area contributed by atoms with E-state index in [0.717, 1.165) is 0 Å². The molecule has 0 aliphatic rings. The summed E-state index contributed by atoms with van der Waals surface area (Å²) in [6.45, 7) is -0.711. The summed E-state index contributed by atoms with van der Waals surface area (Å²) in [5.41, 5.74) is 1.92.